The van der Waals surface area contributed by atoms with E-state index in [1.807, 2.05) is 48.5 Å². The number of hydrogen-bond acceptors (Lipinski definition) is 5. The van der Waals surface area contributed by atoms with Crippen molar-refractivity contribution in [2.45, 2.75) is 32.3 Å². The van der Waals surface area contributed by atoms with Gasteiger partial charge in [0.15, 0.2) is 0 Å². The van der Waals surface area contributed by atoms with E-state index in [2.05, 4.69) is 0 Å². The van der Waals surface area contributed by atoms with Crippen LogP contribution >= 0.6 is 0 Å². The molecule has 2 unspecified atom stereocenters. The predicted molar refractivity (Wildman–Crippen MR) is 105 cm³/mol. The zero-order chi connectivity index (χ0) is 20.2. The van der Waals surface area contributed by atoms with E-state index >= 15 is 0 Å². The quantitative estimate of drug-likeness (QED) is 0.553. The summed E-state index contributed by atoms with van der Waals surface area (Å²) in [5, 5.41) is 0. The number of ether oxygens (including phenoxy) is 2. The van der Waals surface area contributed by atoms with Crippen LogP contribution in [0.3, 0.4) is 0 Å². The highest BCUT2D eigenvalue weighted by Gasteiger charge is 2.48. The lowest BCUT2D eigenvalue weighted by atomic mass is 9.81. The minimum Gasteiger partial charge on any atom is -0.459 e. The smallest absolute Gasteiger partial charge is 0.326 e. The van der Waals surface area contributed by atoms with Gasteiger partial charge in [0.25, 0.3) is 0 Å². The van der Waals surface area contributed by atoms with E-state index in [-0.39, 0.29) is 36.8 Å². The summed E-state index contributed by atoms with van der Waals surface area (Å²) >= 11 is 0. The molecular weight excluding hydrogens is 370 g/mol. The van der Waals surface area contributed by atoms with Gasteiger partial charge in [-0.2, -0.15) is 0 Å². The Kier molecular flexibility index (Phi) is 5.60. The molecule has 6 nitrogen and oxygen atoms in total. The monoisotopic (exact) mass is 393 g/mol. The molecule has 150 valence electrons. The number of nitrogens with zero attached hydrogens (tertiary/aromatic N) is 1. The van der Waals surface area contributed by atoms with Gasteiger partial charge in [0.05, 0.1) is 11.8 Å². The van der Waals surface area contributed by atoms with E-state index in [0.29, 0.717) is 17.1 Å². The maximum atomic E-state index is 12.5. The number of imide groups is 1. The van der Waals surface area contributed by atoms with Crippen LogP contribution in [0.1, 0.15) is 31.2 Å². The first kappa shape index (κ1) is 19.2. The van der Waals surface area contributed by atoms with Crippen LogP contribution in [0.15, 0.2) is 54.6 Å². The Hall–Kier alpha value is -3.15. The lowest BCUT2D eigenvalue weighted by Crippen LogP contribution is -2.36. The van der Waals surface area contributed by atoms with Gasteiger partial charge in [-0.25, -0.2) is 0 Å². The standard InChI is InChI=1S/C23H23NO5/c25-21(14-24-22(26)18-11-5-6-12-19(18)23(24)27)28-15-16-8-4-7-13-20(16)29-17-9-2-1-3-10-17/h1-4,7-10,13,18-19H,5-6,11-12,14-15H2. The van der Waals surface area contributed by atoms with Crippen LogP contribution in [-0.4, -0.2) is 29.2 Å². The number of likely N-dealkylation sites (tertiary alicyclic amines) is 1. The first-order valence-electron chi connectivity index (χ1n) is 9.95. The molecule has 1 aliphatic carbocycles. The molecule has 2 atom stereocenters. The summed E-state index contributed by atoms with van der Waals surface area (Å²) in [6.45, 7) is -0.322. The summed E-state index contributed by atoms with van der Waals surface area (Å²) < 4.78 is 11.2. The van der Waals surface area contributed by atoms with Crippen molar-refractivity contribution in [3.05, 3.63) is 60.2 Å². The fourth-order valence-corrected chi connectivity index (χ4v) is 4.06. The van der Waals surface area contributed by atoms with E-state index < -0.39 is 5.97 Å². The third-order valence-corrected chi connectivity index (χ3v) is 5.55. The van der Waals surface area contributed by atoms with Gasteiger partial charge in [0.2, 0.25) is 11.8 Å². The number of carbonyl (C=O) groups excluding carboxylic acids is 3. The van der Waals surface area contributed by atoms with Crippen LogP contribution in [0.25, 0.3) is 0 Å². The molecule has 1 saturated heterocycles. The second-order valence-electron chi connectivity index (χ2n) is 7.44. The molecule has 6 heteroatoms. The van der Waals surface area contributed by atoms with Gasteiger partial charge in [-0.05, 0) is 31.0 Å². The number of carbonyl (C=O) groups is 3. The Morgan fingerprint density at radius 2 is 1.52 bits per heavy atom. The maximum absolute atomic E-state index is 12.5. The fourth-order valence-electron chi connectivity index (χ4n) is 4.06. The molecule has 2 aromatic carbocycles. The lowest BCUT2D eigenvalue weighted by Gasteiger charge is -2.19. The highest BCUT2D eigenvalue weighted by Crippen LogP contribution is 2.37. The van der Waals surface area contributed by atoms with Crippen molar-refractivity contribution < 1.29 is 23.9 Å². The van der Waals surface area contributed by atoms with Crippen LogP contribution in [-0.2, 0) is 25.7 Å². The number of fused-ring (bicyclic) bond motifs is 1. The van der Waals surface area contributed by atoms with Gasteiger partial charge < -0.3 is 9.47 Å². The summed E-state index contributed by atoms with van der Waals surface area (Å²) in [4.78, 5) is 38.4. The second kappa shape index (κ2) is 8.47. The molecule has 0 aromatic heterocycles. The molecule has 29 heavy (non-hydrogen) atoms. The summed E-state index contributed by atoms with van der Waals surface area (Å²) in [7, 11) is 0. The van der Waals surface area contributed by atoms with Gasteiger partial charge in [0, 0.05) is 5.56 Å². The average Bonchev–Trinajstić information content (AvgIpc) is 2.99. The van der Waals surface area contributed by atoms with E-state index in [9.17, 15) is 14.4 Å². The molecule has 2 aromatic rings. The predicted octanol–water partition coefficient (Wildman–Crippen LogP) is 3.70. The number of amides is 2. The van der Waals surface area contributed by atoms with Gasteiger partial charge in [-0.3, -0.25) is 19.3 Å². The van der Waals surface area contributed by atoms with Gasteiger partial charge >= 0.3 is 5.97 Å². The molecule has 0 N–H and O–H groups in total. The van der Waals surface area contributed by atoms with Crippen LogP contribution in [0.5, 0.6) is 11.5 Å². The van der Waals surface area contributed by atoms with Crippen LogP contribution in [0, 0.1) is 11.8 Å². The number of benzene rings is 2. The molecule has 0 radical (unpaired) electrons. The zero-order valence-corrected chi connectivity index (χ0v) is 16.1. The molecule has 1 heterocycles. The molecule has 2 amide bonds. The second-order valence-corrected chi connectivity index (χ2v) is 7.44. The lowest BCUT2D eigenvalue weighted by molar-refractivity contribution is -0.153. The zero-order valence-electron chi connectivity index (χ0n) is 16.1. The summed E-state index contributed by atoms with van der Waals surface area (Å²) in [5.74, 6) is -0.310. The first-order chi connectivity index (χ1) is 14.1. The number of hydrogen-bond donors (Lipinski definition) is 0. The Bertz CT molecular complexity index is 886. The molecule has 2 fully saturated rings. The Morgan fingerprint density at radius 1 is 0.897 bits per heavy atom. The van der Waals surface area contributed by atoms with Gasteiger partial charge in [0.1, 0.15) is 24.7 Å². The molecular formula is C23H23NO5. The van der Waals surface area contributed by atoms with Crippen molar-refractivity contribution >= 4 is 17.8 Å². The van der Waals surface area contributed by atoms with Crippen LogP contribution < -0.4 is 4.74 Å². The van der Waals surface area contributed by atoms with Crippen molar-refractivity contribution in [3.8, 4) is 11.5 Å². The highest BCUT2D eigenvalue weighted by molar-refractivity contribution is 6.07. The van der Waals surface area contributed by atoms with Gasteiger partial charge in [-0.1, -0.05) is 49.2 Å². The SMILES string of the molecule is O=C(CN1C(=O)C2CCCCC2C1=O)OCc1ccccc1Oc1ccccc1. The van der Waals surface area contributed by atoms with Crippen LogP contribution in [0.4, 0.5) is 0 Å². The molecule has 4 rings (SSSR count). The Balaban J connectivity index is 1.37. The normalized spacial score (nSPS) is 21.0. The Labute approximate surface area is 169 Å². The summed E-state index contributed by atoms with van der Waals surface area (Å²) in [6, 6.07) is 16.6. The first-order valence-corrected chi connectivity index (χ1v) is 9.95. The average molecular weight is 393 g/mol. The topological polar surface area (TPSA) is 72.9 Å². The third-order valence-electron chi connectivity index (χ3n) is 5.55. The highest BCUT2D eigenvalue weighted by atomic mass is 16.5. The summed E-state index contributed by atoms with van der Waals surface area (Å²) in [5.41, 5.74) is 0.706. The molecule has 2 aliphatic rings. The van der Waals surface area contributed by atoms with Crippen molar-refractivity contribution in [1.29, 1.82) is 0 Å². The van der Waals surface area contributed by atoms with E-state index in [4.69, 9.17) is 9.47 Å². The molecule has 1 aliphatic heterocycles. The largest absolute Gasteiger partial charge is 0.459 e. The number of rotatable bonds is 6. The maximum Gasteiger partial charge on any atom is 0.326 e. The molecule has 0 spiro atoms. The fraction of sp³-hybridized carbons (Fsp3) is 0.348. The van der Waals surface area contributed by atoms with E-state index in [1.54, 1.807) is 6.07 Å². The van der Waals surface area contributed by atoms with Crippen molar-refractivity contribution in [2.75, 3.05) is 6.54 Å². The third kappa shape index (κ3) is 4.16. The van der Waals surface area contributed by atoms with Crippen molar-refractivity contribution in [2.24, 2.45) is 11.8 Å². The van der Waals surface area contributed by atoms with Crippen molar-refractivity contribution in [1.82, 2.24) is 4.90 Å². The molecule has 1 saturated carbocycles. The number of para-hydroxylation sites is 2. The van der Waals surface area contributed by atoms with Gasteiger partial charge in [-0.15, -0.1) is 0 Å². The minimum atomic E-state index is -0.597. The number of esters is 1. The summed E-state index contributed by atoms with van der Waals surface area (Å²) in [6.07, 6.45) is 3.36. The minimum absolute atomic E-state index is 0.00488. The Morgan fingerprint density at radius 3 is 2.21 bits per heavy atom. The van der Waals surface area contributed by atoms with E-state index in [0.717, 1.165) is 30.6 Å². The molecule has 0 bridgehead atoms. The van der Waals surface area contributed by atoms with E-state index in [1.165, 1.54) is 0 Å². The van der Waals surface area contributed by atoms with Crippen LogP contribution in [0.2, 0.25) is 0 Å². The van der Waals surface area contributed by atoms with Crippen molar-refractivity contribution in [3.63, 3.8) is 0 Å².